The van der Waals surface area contributed by atoms with Gasteiger partial charge in [0.15, 0.2) is 0 Å². The monoisotopic (exact) mass is 413 g/mol. The first kappa shape index (κ1) is 19.6. The van der Waals surface area contributed by atoms with Crippen LogP contribution in [-0.4, -0.2) is 15.9 Å². The predicted octanol–water partition coefficient (Wildman–Crippen LogP) is 5.24. The Labute approximate surface area is 168 Å². The van der Waals surface area contributed by atoms with Crippen molar-refractivity contribution >= 4 is 16.9 Å². The molecule has 4 aromatic rings. The second-order valence-electron chi connectivity index (χ2n) is 6.66. The van der Waals surface area contributed by atoms with E-state index in [4.69, 9.17) is 0 Å². The molecular weight excluding hydrogens is 398 g/mol. The fraction of sp³-hybridized carbons (Fsp3) is 0.0909. The normalized spacial score (nSPS) is 12.7. The van der Waals surface area contributed by atoms with E-state index in [1.807, 2.05) is 0 Å². The van der Waals surface area contributed by atoms with Crippen LogP contribution in [0.15, 0.2) is 72.8 Å². The van der Waals surface area contributed by atoms with Crippen molar-refractivity contribution in [2.75, 3.05) is 0 Å². The third-order valence-electron chi connectivity index (χ3n) is 4.63. The molecule has 0 radical (unpaired) electrons. The van der Waals surface area contributed by atoms with E-state index in [9.17, 15) is 22.4 Å². The first-order valence-corrected chi connectivity index (χ1v) is 9.00. The fourth-order valence-electron chi connectivity index (χ4n) is 3.20. The van der Waals surface area contributed by atoms with Gasteiger partial charge in [-0.2, -0.15) is 13.2 Å². The zero-order chi connectivity index (χ0) is 21.3. The number of rotatable bonds is 4. The van der Waals surface area contributed by atoms with Crippen LogP contribution in [0.3, 0.4) is 0 Å². The predicted molar refractivity (Wildman–Crippen MR) is 103 cm³/mol. The van der Waals surface area contributed by atoms with Crippen LogP contribution >= 0.6 is 0 Å². The summed E-state index contributed by atoms with van der Waals surface area (Å²) in [7, 11) is 0. The Morgan fingerprint density at radius 2 is 1.63 bits per heavy atom. The van der Waals surface area contributed by atoms with Gasteiger partial charge in [-0.15, -0.1) is 0 Å². The zero-order valence-corrected chi connectivity index (χ0v) is 15.4. The topological polar surface area (TPSA) is 57.8 Å². The number of nitrogens with one attached hydrogen (secondary N) is 2. The Morgan fingerprint density at radius 3 is 2.33 bits per heavy atom. The molecule has 0 fully saturated rings. The number of hydrogen-bond donors (Lipinski definition) is 2. The van der Waals surface area contributed by atoms with Crippen molar-refractivity contribution in [3.63, 3.8) is 0 Å². The summed E-state index contributed by atoms with van der Waals surface area (Å²) in [5.41, 5.74) is 1.42. The van der Waals surface area contributed by atoms with E-state index in [2.05, 4.69) is 15.3 Å². The molecule has 30 heavy (non-hydrogen) atoms. The van der Waals surface area contributed by atoms with Crippen LogP contribution in [0, 0.1) is 5.82 Å². The molecule has 4 nitrogen and oxygen atoms in total. The van der Waals surface area contributed by atoms with Crippen molar-refractivity contribution in [3.05, 3.63) is 101 Å². The number of hydrogen-bond acceptors (Lipinski definition) is 2. The second kappa shape index (κ2) is 7.62. The first-order valence-electron chi connectivity index (χ1n) is 9.00. The van der Waals surface area contributed by atoms with E-state index in [1.54, 1.807) is 42.5 Å². The molecule has 152 valence electrons. The number of H-pyrrole nitrogens is 1. The number of nitrogens with zero attached hydrogens (tertiary/aromatic N) is 1. The number of aromatic amines is 1. The maximum absolute atomic E-state index is 14.0. The Kier molecular flexibility index (Phi) is 4.99. The minimum atomic E-state index is -4.60. The van der Waals surface area contributed by atoms with Gasteiger partial charge in [-0.05, 0) is 35.4 Å². The van der Waals surface area contributed by atoms with Crippen molar-refractivity contribution in [2.24, 2.45) is 0 Å². The molecule has 0 saturated heterocycles. The zero-order valence-electron chi connectivity index (χ0n) is 15.4. The van der Waals surface area contributed by atoms with Gasteiger partial charge in [-0.1, -0.05) is 48.5 Å². The van der Waals surface area contributed by atoms with Crippen molar-refractivity contribution in [3.8, 4) is 0 Å². The van der Waals surface area contributed by atoms with E-state index >= 15 is 0 Å². The summed E-state index contributed by atoms with van der Waals surface area (Å²) < 4.78 is 52.9. The average molecular weight is 413 g/mol. The lowest BCUT2D eigenvalue weighted by atomic mass is 9.97. The van der Waals surface area contributed by atoms with E-state index in [-0.39, 0.29) is 16.6 Å². The number of alkyl halides is 3. The molecule has 1 atom stereocenters. The summed E-state index contributed by atoms with van der Waals surface area (Å²) in [5.74, 6) is -2.40. The number of halogens is 4. The number of imidazole rings is 1. The highest BCUT2D eigenvalue weighted by atomic mass is 19.4. The molecule has 0 aliphatic rings. The smallest absolute Gasteiger partial charge is 0.341 e. The minimum absolute atomic E-state index is 0.125. The van der Waals surface area contributed by atoms with Gasteiger partial charge in [0.25, 0.3) is 5.91 Å². The number of aromatic nitrogens is 2. The van der Waals surface area contributed by atoms with Gasteiger partial charge < -0.3 is 10.3 Å². The minimum Gasteiger partial charge on any atom is -0.341 e. The molecule has 0 aliphatic carbocycles. The van der Waals surface area contributed by atoms with Crippen LogP contribution in [0.1, 0.15) is 33.4 Å². The maximum Gasteiger partial charge on any atom is 0.449 e. The molecule has 0 aliphatic heterocycles. The molecule has 1 aromatic heterocycles. The Balaban J connectivity index is 1.75. The highest BCUT2D eigenvalue weighted by molar-refractivity contribution is 5.95. The van der Waals surface area contributed by atoms with Gasteiger partial charge >= 0.3 is 6.18 Å². The van der Waals surface area contributed by atoms with Crippen molar-refractivity contribution in [1.82, 2.24) is 15.3 Å². The van der Waals surface area contributed by atoms with E-state index in [0.29, 0.717) is 11.1 Å². The van der Waals surface area contributed by atoms with E-state index in [1.165, 1.54) is 30.3 Å². The van der Waals surface area contributed by atoms with Crippen LogP contribution in [0.5, 0.6) is 0 Å². The molecule has 0 bridgehead atoms. The summed E-state index contributed by atoms with van der Waals surface area (Å²) in [4.78, 5) is 18.5. The quantitative estimate of drug-likeness (QED) is 0.450. The number of benzene rings is 3. The van der Waals surface area contributed by atoms with Crippen LogP contribution in [-0.2, 0) is 6.18 Å². The SMILES string of the molecule is O=C(NC(c1ccccc1)c1ccc2nc(C(F)(F)F)[nH]c2c1)c1ccccc1F. The Bertz CT molecular complexity index is 1200. The molecule has 0 spiro atoms. The third kappa shape index (κ3) is 3.89. The second-order valence-corrected chi connectivity index (χ2v) is 6.66. The molecule has 1 unspecified atom stereocenters. The lowest BCUT2D eigenvalue weighted by Gasteiger charge is -2.20. The van der Waals surface area contributed by atoms with Crippen LogP contribution < -0.4 is 5.32 Å². The lowest BCUT2D eigenvalue weighted by Crippen LogP contribution is -2.30. The first-order chi connectivity index (χ1) is 14.3. The average Bonchev–Trinajstić information content (AvgIpc) is 3.17. The van der Waals surface area contributed by atoms with Gasteiger partial charge in [0, 0.05) is 0 Å². The van der Waals surface area contributed by atoms with Gasteiger partial charge in [0.1, 0.15) is 5.82 Å². The number of carbonyl (C=O) groups is 1. The van der Waals surface area contributed by atoms with Gasteiger partial charge in [0.2, 0.25) is 5.82 Å². The summed E-state index contributed by atoms with van der Waals surface area (Å²) in [6, 6.07) is 18.3. The Hall–Kier alpha value is -3.68. The third-order valence-corrected chi connectivity index (χ3v) is 4.63. The Morgan fingerprint density at radius 1 is 0.933 bits per heavy atom. The van der Waals surface area contributed by atoms with E-state index in [0.717, 1.165) is 0 Å². The van der Waals surface area contributed by atoms with Gasteiger partial charge in [-0.3, -0.25) is 4.79 Å². The molecule has 3 aromatic carbocycles. The molecule has 4 rings (SSSR count). The molecule has 8 heteroatoms. The van der Waals surface area contributed by atoms with Gasteiger partial charge in [0.05, 0.1) is 22.6 Å². The number of carbonyl (C=O) groups excluding carboxylic acids is 1. The molecule has 0 saturated carbocycles. The number of fused-ring (bicyclic) bond motifs is 1. The van der Waals surface area contributed by atoms with Crippen molar-refractivity contribution in [2.45, 2.75) is 12.2 Å². The largest absolute Gasteiger partial charge is 0.449 e. The molecule has 2 N–H and O–H groups in total. The fourth-order valence-corrected chi connectivity index (χ4v) is 3.20. The van der Waals surface area contributed by atoms with Crippen molar-refractivity contribution < 1.29 is 22.4 Å². The van der Waals surface area contributed by atoms with E-state index < -0.39 is 29.8 Å². The van der Waals surface area contributed by atoms with Crippen LogP contribution in [0.25, 0.3) is 11.0 Å². The summed E-state index contributed by atoms with van der Waals surface area (Å²) >= 11 is 0. The summed E-state index contributed by atoms with van der Waals surface area (Å²) in [6.07, 6.45) is -4.60. The van der Waals surface area contributed by atoms with Gasteiger partial charge in [-0.25, -0.2) is 9.37 Å². The summed E-state index contributed by atoms with van der Waals surface area (Å²) in [5, 5.41) is 2.77. The summed E-state index contributed by atoms with van der Waals surface area (Å²) in [6.45, 7) is 0. The highest BCUT2D eigenvalue weighted by Gasteiger charge is 2.34. The number of amides is 1. The molecule has 1 heterocycles. The van der Waals surface area contributed by atoms with Crippen LogP contribution in [0.4, 0.5) is 17.6 Å². The standard InChI is InChI=1S/C22H15F4N3O/c23-16-9-5-4-8-15(16)20(30)29-19(13-6-2-1-3-7-13)14-10-11-17-18(12-14)28-21(27-17)22(24,25)26/h1-12,19H,(H,27,28)(H,29,30). The highest BCUT2D eigenvalue weighted by Crippen LogP contribution is 2.30. The molecular formula is C22H15F4N3O. The lowest BCUT2D eigenvalue weighted by molar-refractivity contribution is -0.144. The van der Waals surface area contributed by atoms with Crippen molar-refractivity contribution in [1.29, 1.82) is 0 Å². The maximum atomic E-state index is 14.0. The van der Waals surface area contributed by atoms with Crippen LogP contribution in [0.2, 0.25) is 0 Å². The molecule has 1 amide bonds.